The standard InChI is InChI=1S/C13H16N2O/c16-11-6-7-15-12(9-14-13(15)8-11)10-4-2-1-3-5-10/h6-10,14H,1-5H2. The van der Waals surface area contributed by atoms with E-state index in [0.29, 0.717) is 5.92 Å². The molecule has 1 aliphatic carbocycles. The molecule has 2 heterocycles. The Labute approximate surface area is 94.1 Å². The van der Waals surface area contributed by atoms with E-state index in [1.165, 1.54) is 37.8 Å². The van der Waals surface area contributed by atoms with Crippen LogP contribution in [0.15, 0.2) is 29.3 Å². The zero-order chi connectivity index (χ0) is 11.0. The maximum absolute atomic E-state index is 11.2. The summed E-state index contributed by atoms with van der Waals surface area (Å²) in [6.45, 7) is 0. The second-order valence-corrected chi connectivity index (χ2v) is 4.67. The van der Waals surface area contributed by atoms with Crippen molar-refractivity contribution in [3.8, 4) is 0 Å². The summed E-state index contributed by atoms with van der Waals surface area (Å²) in [6.07, 6.45) is 10.5. The van der Waals surface area contributed by atoms with Gasteiger partial charge in [-0.25, -0.2) is 0 Å². The summed E-state index contributed by atoms with van der Waals surface area (Å²) in [7, 11) is 0. The Balaban J connectivity index is 2.06. The Morgan fingerprint density at radius 2 is 2.06 bits per heavy atom. The molecular weight excluding hydrogens is 200 g/mol. The number of aromatic nitrogens is 2. The first-order valence-corrected chi connectivity index (χ1v) is 6.04. The van der Waals surface area contributed by atoms with E-state index in [1.54, 1.807) is 12.1 Å². The van der Waals surface area contributed by atoms with Gasteiger partial charge >= 0.3 is 0 Å². The molecule has 0 aromatic carbocycles. The summed E-state index contributed by atoms with van der Waals surface area (Å²) in [5.41, 5.74) is 2.31. The summed E-state index contributed by atoms with van der Waals surface area (Å²) in [5.74, 6) is 0.657. The zero-order valence-corrected chi connectivity index (χ0v) is 9.28. The van der Waals surface area contributed by atoms with E-state index in [9.17, 15) is 4.79 Å². The van der Waals surface area contributed by atoms with Gasteiger partial charge in [0.25, 0.3) is 0 Å². The molecule has 3 rings (SSSR count). The summed E-state index contributed by atoms with van der Waals surface area (Å²) in [6, 6.07) is 3.29. The second-order valence-electron chi connectivity index (χ2n) is 4.67. The van der Waals surface area contributed by atoms with Gasteiger partial charge in [-0.2, -0.15) is 0 Å². The molecule has 84 valence electrons. The highest BCUT2D eigenvalue weighted by Crippen LogP contribution is 2.32. The molecule has 3 heteroatoms. The zero-order valence-electron chi connectivity index (χ0n) is 9.28. The molecule has 16 heavy (non-hydrogen) atoms. The van der Waals surface area contributed by atoms with E-state index in [0.717, 1.165) is 5.65 Å². The fourth-order valence-corrected chi connectivity index (χ4v) is 2.75. The number of pyridine rings is 1. The summed E-state index contributed by atoms with van der Waals surface area (Å²) >= 11 is 0. The van der Waals surface area contributed by atoms with Crippen LogP contribution >= 0.6 is 0 Å². The molecular formula is C13H16N2O. The number of imidazole rings is 1. The lowest BCUT2D eigenvalue weighted by atomic mass is 9.87. The first-order chi connectivity index (χ1) is 7.84. The van der Waals surface area contributed by atoms with E-state index in [4.69, 9.17) is 0 Å². The van der Waals surface area contributed by atoms with Gasteiger partial charge in [0.1, 0.15) is 5.65 Å². The third kappa shape index (κ3) is 1.56. The number of nitrogens with one attached hydrogen (secondary N) is 1. The molecule has 0 aliphatic heterocycles. The molecule has 0 radical (unpaired) electrons. The number of aromatic amines is 1. The molecule has 0 saturated heterocycles. The highest BCUT2D eigenvalue weighted by atomic mass is 16.1. The van der Waals surface area contributed by atoms with E-state index in [2.05, 4.69) is 15.6 Å². The van der Waals surface area contributed by atoms with Crippen molar-refractivity contribution in [2.75, 3.05) is 0 Å². The quantitative estimate of drug-likeness (QED) is 0.781. The van der Waals surface area contributed by atoms with Crippen molar-refractivity contribution >= 4 is 5.65 Å². The Kier molecular flexibility index (Phi) is 2.31. The van der Waals surface area contributed by atoms with Gasteiger partial charge in [-0.05, 0) is 12.8 Å². The lowest BCUT2D eigenvalue weighted by Crippen LogP contribution is -2.08. The molecule has 1 aliphatic rings. The predicted octanol–water partition coefficient (Wildman–Crippen LogP) is 2.68. The van der Waals surface area contributed by atoms with Crippen molar-refractivity contribution < 1.29 is 0 Å². The Morgan fingerprint density at radius 3 is 2.88 bits per heavy atom. The van der Waals surface area contributed by atoms with Gasteiger partial charge in [-0.15, -0.1) is 0 Å². The van der Waals surface area contributed by atoms with E-state index in [-0.39, 0.29) is 5.43 Å². The summed E-state index contributed by atoms with van der Waals surface area (Å²) in [4.78, 5) is 14.4. The van der Waals surface area contributed by atoms with Crippen LogP contribution in [-0.2, 0) is 0 Å². The van der Waals surface area contributed by atoms with E-state index >= 15 is 0 Å². The lowest BCUT2D eigenvalue weighted by Gasteiger charge is -2.21. The van der Waals surface area contributed by atoms with Crippen LogP contribution in [0.4, 0.5) is 0 Å². The van der Waals surface area contributed by atoms with Crippen molar-refractivity contribution in [3.63, 3.8) is 0 Å². The first kappa shape index (κ1) is 9.70. The minimum Gasteiger partial charge on any atom is -0.346 e. The maximum Gasteiger partial charge on any atom is 0.183 e. The minimum absolute atomic E-state index is 0.0667. The van der Waals surface area contributed by atoms with Gasteiger partial charge in [0.2, 0.25) is 0 Å². The monoisotopic (exact) mass is 216 g/mol. The molecule has 3 nitrogen and oxygen atoms in total. The normalized spacial score (nSPS) is 18.0. The average molecular weight is 216 g/mol. The molecule has 1 saturated carbocycles. The molecule has 0 bridgehead atoms. The molecule has 1 N–H and O–H groups in total. The van der Waals surface area contributed by atoms with Crippen LogP contribution in [-0.4, -0.2) is 9.38 Å². The van der Waals surface area contributed by atoms with E-state index < -0.39 is 0 Å². The highest BCUT2D eigenvalue weighted by molar-refractivity contribution is 5.40. The van der Waals surface area contributed by atoms with Crippen LogP contribution in [0.1, 0.15) is 43.7 Å². The van der Waals surface area contributed by atoms with Crippen LogP contribution in [0.5, 0.6) is 0 Å². The van der Waals surface area contributed by atoms with Crippen molar-refractivity contribution in [1.82, 2.24) is 9.38 Å². The smallest absolute Gasteiger partial charge is 0.183 e. The molecule has 2 aromatic heterocycles. The number of H-pyrrole nitrogens is 1. The van der Waals surface area contributed by atoms with Gasteiger partial charge in [0.05, 0.1) is 0 Å². The number of rotatable bonds is 1. The van der Waals surface area contributed by atoms with Crippen LogP contribution in [0, 0.1) is 0 Å². The van der Waals surface area contributed by atoms with Gasteiger partial charge in [0.15, 0.2) is 5.43 Å². The Morgan fingerprint density at radius 1 is 1.25 bits per heavy atom. The van der Waals surface area contributed by atoms with Gasteiger partial charge < -0.3 is 9.38 Å². The second kappa shape index (κ2) is 3.81. The predicted molar refractivity (Wildman–Crippen MR) is 63.8 cm³/mol. The molecule has 0 spiro atoms. The molecule has 0 unspecified atom stereocenters. The highest BCUT2D eigenvalue weighted by Gasteiger charge is 2.18. The first-order valence-electron chi connectivity index (χ1n) is 6.04. The summed E-state index contributed by atoms with van der Waals surface area (Å²) in [5, 5.41) is 0. The average Bonchev–Trinajstić information content (AvgIpc) is 2.73. The van der Waals surface area contributed by atoms with Crippen molar-refractivity contribution in [2.24, 2.45) is 0 Å². The van der Waals surface area contributed by atoms with Crippen LogP contribution in [0.3, 0.4) is 0 Å². The van der Waals surface area contributed by atoms with Crippen LogP contribution < -0.4 is 5.43 Å². The molecule has 0 amide bonds. The SMILES string of the molecule is O=c1ccn2c(C3CCCCC3)c[nH]c2c1. The van der Waals surface area contributed by atoms with Gasteiger partial charge in [0, 0.05) is 36.1 Å². The Bertz CT molecular complexity index is 546. The number of fused-ring (bicyclic) bond motifs is 1. The van der Waals surface area contributed by atoms with Gasteiger partial charge in [-0.1, -0.05) is 19.3 Å². The minimum atomic E-state index is 0.0667. The maximum atomic E-state index is 11.2. The number of hydrogen-bond acceptors (Lipinski definition) is 1. The number of nitrogens with zero attached hydrogens (tertiary/aromatic N) is 1. The fourth-order valence-electron chi connectivity index (χ4n) is 2.75. The largest absolute Gasteiger partial charge is 0.346 e. The third-order valence-corrected chi connectivity index (χ3v) is 3.60. The lowest BCUT2D eigenvalue weighted by molar-refractivity contribution is 0.435. The number of hydrogen-bond donors (Lipinski definition) is 1. The van der Waals surface area contributed by atoms with Crippen molar-refractivity contribution in [3.05, 3.63) is 40.4 Å². The van der Waals surface area contributed by atoms with Crippen molar-refractivity contribution in [1.29, 1.82) is 0 Å². The van der Waals surface area contributed by atoms with Gasteiger partial charge in [-0.3, -0.25) is 4.79 Å². The summed E-state index contributed by atoms with van der Waals surface area (Å²) < 4.78 is 2.12. The van der Waals surface area contributed by atoms with E-state index in [1.807, 2.05) is 6.20 Å². The van der Waals surface area contributed by atoms with Crippen LogP contribution in [0.25, 0.3) is 5.65 Å². The molecule has 2 aromatic rings. The third-order valence-electron chi connectivity index (χ3n) is 3.60. The molecule has 0 atom stereocenters. The molecule has 1 fully saturated rings. The fraction of sp³-hybridized carbons (Fsp3) is 0.462. The van der Waals surface area contributed by atoms with Crippen molar-refractivity contribution in [2.45, 2.75) is 38.0 Å². The topological polar surface area (TPSA) is 37.3 Å². The Hall–Kier alpha value is -1.51. The van der Waals surface area contributed by atoms with Crippen LogP contribution in [0.2, 0.25) is 0 Å².